The second-order valence-electron chi connectivity index (χ2n) is 3.23. The van der Waals surface area contributed by atoms with Crippen molar-refractivity contribution in [3.8, 4) is 5.75 Å². The van der Waals surface area contributed by atoms with Crippen molar-refractivity contribution in [3.05, 3.63) is 24.3 Å². The SMILES string of the molecule is CN1c2ccccc2OCC1CO. The van der Waals surface area contributed by atoms with E-state index in [0.29, 0.717) is 6.61 Å². The summed E-state index contributed by atoms with van der Waals surface area (Å²) in [5.41, 5.74) is 1.05. The summed E-state index contributed by atoms with van der Waals surface area (Å²) < 4.78 is 5.50. The summed E-state index contributed by atoms with van der Waals surface area (Å²) in [5.74, 6) is 0.898. The highest BCUT2D eigenvalue weighted by atomic mass is 16.5. The van der Waals surface area contributed by atoms with Crippen LogP contribution in [0.1, 0.15) is 0 Å². The highest BCUT2D eigenvalue weighted by Crippen LogP contribution is 2.31. The fraction of sp³-hybridized carbons (Fsp3) is 0.400. The number of benzene rings is 1. The number of ether oxygens (including phenoxy) is 1. The standard InChI is InChI=1S/C10H13NO2/c1-11-8(6-12)7-13-10-5-3-2-4-9(10)11/h2-5,8,12H,6-7H2,1H3. The molecule has 0 radical (unpaired) electrons. The molecule has 1 aromatic carbocycles. The summed E-state index contributed by atoms with van der Waals surface area (Å²) in [5, 5.41) is 9.07. The Hall–Kier alpha value is -1.22. The Morgan fingerprint density at radius 3 is 3.08 bits per heavy atom. The van der Waals surface area contributed by atoms with E-state index in [1.165, 1.54) is 0 Å². The first kappa shape index (κ1) is 8.38. The van der Waals surface area contributed by atoms with E-state index in [0.717, 1.165) is 11.4 Å². The number of aliphatic hydroxyl groups is 1. The second-order valence-corrected chi connectivity index (χ2v) is 3.23. The first-order valence-electron chi connectivity index (χ1n) is 4.38. The van der Waals surface area contributed by atoms with Gasteiger partial charge in [0.25, 0.3) is 0 Å². The Bertz CT molecular complexity index is 301. The Kier molecular flexibility index (Phi) is 2.10. The van der Waals surface area contributed by atoms with E-state index >= 15 is 0 Å². The Morgan fingerprint density at radius 1 is 1.54 bits per heavy atom. The number of fused-ring (bicyclic) bond motifs is 1. The van der Waals surface area contributed by atoms with Gasteiger partial charge in [-0.2, -0.15) is 0 Å². The average molecular weight is 179 g/mol. The van der Waals surface area contributed by atoms with E-state index in [4.69, 9.17) is 9.84 Å². The number of hydrogen-bond acceptors (Lipinski definition) is 3. The van der Waals surface area contributed by atoms with Crippen molar-refractivity contribution in [3.63, 3.8) is 0 Å². The van der Waals surface area contributed by atoms with Crippen molar-refractivity contribution in [2.75, 3.05) is 25.2 Å². The average Bonchev–Trinajstić information content (AvgIpc) is 2.19. The molecule has 70 valence electrons. The number of anilines is 1. The van der Waals surface area contributed by atoms with Gasteiger partial charge in [-0.15, -0.1) is 0 Å². The van der Waals surface area contributed by atoms with Gasteiger partial charge < -0.3 is 14.7 Å². The van der Waals surface area contributed by atoms with Crippen molar-refractivity contribution in [2.24, 2.45) is 0 Å². The van der Waals surface area contributed by atoms with Gasteiger partial charge in [0, 0.05) is 7.05 Å². The molecule has 0 spiro atoms. The van der Waals surface area contributed by atoms with Gasteiger partial charge in [0.15, 0.2) is 0 Å². The maximum atomic E-state index is 9.07. The van der Waals surface area contributed by atoms with Crippen molar-refractivity contribution in [1.82, 2.24) is 0 Å². The fourth-order valence-electron chi connectivity index (χ4n) is 1.54. The van der Waals surface area contributed by atoms with Crippen molar-refractivity contribution in [2.45, 2.75) is 6.04 Å². The normalized spacial score (nSPS) is 20.8. The molecular weight excluding hydrogens is 166 g/mol. The molecule has 0 aliphatic carbocycles. The van der Waals surface area contributed by atoms with E-state index in [2.05, 4.69) is 4.90 Å². The smallest absolute Gasteiger partial charge is 0.142 e. The molecule has 1 aliphatic heterocycles. The zero-order chi connectivity index (χ0) is 9.26. The maximum absolute atomic E-state index is 9.07. The molecule has 13 heavy (non-hydrogen) atoms. The summed E-state index contributed by atoms with van der Waals surface area (Å²) in [6, 6.07) is 7.94. The maximum Gasteiger partial charge on any atom is 0.142 e. The minimum Gasteiger partial charge on any atom is -0.489 e. The van der Waals surface area contributed by atoms with Gasteiger partial charge >= 0.3 is 0 Å². The van der Waals surface area contributed by atoms with Crippen LogP contribution >= 0.6 is 0 Å². The third-order valence-corrected chi connectivity index (χ3v) is 2.43. The number of rotatable bonds is 1. The van der Waals surface area contributed by atoms with Crippen LogP contribution in [0.3, 0.4) is 0 Å². The third kappa shape index (κ3) is 1.35. The van der Waals surface area contributed by atoms with Crippen LogP contribution in [0.25, 0.3) is 0 Å². The van der Waals surface area contributed by atoms with Gasteiger partial charge in [0.05, 0.1) is 18.3 Å². The molecule has 0 fully saturated rings. The molecule has 2 rings (SSSR count). The predicted octanol–water partition coefficient (Wildman–Crippen LogP) is 0.876. The van der Waals surface area contributed by atoms with Crippen molar-refractivity contribution in [1.29, 1.82) is 0 Å². The number of nitrogens with zero attached hydrogens (tertiary/aromatic N) is 1. The summed E-state index contributed by atoms with van der Waals surface area (Å²) in [6.07, 6.45) is 0. The summed E-state index contributed by atoms with van der Waals surface area (Å²) >= 11 is 0. The van der Waals surface area contributed by atoms with E-state index in [9.17, 15) is 0 Å². The molecule has 0 saturated heterocycles. The van der Waals surface area contributed by atoms with Crippen LogP contribution in [-0.4, -0.2) is 31.4 Å². The van der Waals surface area contributed by atoms with Gasteiger partial charge in [0.2, 0.25) is 0 Å². The predicted molar refractivity (Wildman–Crippen MR) is 51.2 cm³/mol. The highest BCUT2D eigenvalue weighted by Gasteiger charge is 2.22. The highest BCUT2D eigenvalue weighted by molar-refractivity contribution is 5.59. The Labute approximate surface area is 77.6 Å². The summed E-state index contributed by atoms with van der Waals surface area (Å²) in [7, 11) is 1.97. The molecule has 0 saturated carbocycles. The van der Waals surface area contributed by atoms with Crippen LogP contribution in [0.15, 0.2) is 24.3 Å². The van der Waals surface area contributed by atoms with Crippen LogP contribution in [-0.2, 0) is 0 Å². The molecule has 1 atom stereocenters. The van der Waals surface area contributed by atoms with Crippen LogP contribution < -0.4 is 9.64 Å². The first-order chi connectivity index (χ1) is 6.33. The number of hydrogen-bond donors (Lipinski definition) is 1. The Balaban J connectivity index is 2.33. The zero-order valence-corrected chi connectivity index (χ0v) is 7.60. The van der Waals surface area contributed by atoms with Gasteiger partial charge in [-0.25, -0.2) is 0 Å². The largest absolute Gasteiger partial charge is 0.489 e. The molecule has 3 heteroatoms. The van der Waals surface area contributed by atoms with Gasteiger partial charge in [0.1, 0.15) is 12.4 Å². The molecule has 0 amide bonds. The quantitative estimate of drug-likeness (QED) is 0.694. The molecule has 3 nitrogen and oxygen atoms in total. The minimum absolute atomic E-state index is 0.0786. The lowest BCUT2D eigenvalue weighted by atomic mass is 10.2. The summed E-state index contributed by atoms with van der Waals surface area (Å²) in [4.78, 5) is 2.05. The van der Waals surface area contributed by atoms with Crippen LogP contribution in [0.4, 0.5) is 5.69 Å². The fourth-order valence-corrected chi connectivity index (χ4v) is 1.54. The molecule has 1 N–H and O–H groups in total. The topological polar surface area (TPSA) is 32.7 Å². The monoisotopic (exact) mass is 179 g/mol. The number of likely N-dealkylation sites (N-methyl/N-ethyl adjacent to an activating group) is 1. The lowest BCUT2D eigenvalue weighted by molar-refractivity contribution is 0.191. The van der Waals surface area contributed by atoms with Gasteiger partial charge in [-0.1, -0.05) is 12.1 Å². The number of aliphatic hydroxyl groups excluding tert-OH is 1. The molecule has 0 bridgehead atoms. The van der Waals surface area contributed by atoms with E-state index in [1.807, 2.05) is 31.3 Å². The van der Waals surface area contributed by atoms with Gasteiger partial charge in [-0.05, 0) is 12.1 Å². The Morgan fingerprint density at radius 2 is 2.31 bits per heavy atom. The van der Waals surface area contributed by atoms with Crippen molar-refractivity contribution < 1.29 is 9.84 Å². The third-order valence-electron chi connectivity index (χ3n) is 2.43. The van der Waals surface area contributed by atoms with E-state index in [-0.39, 0.29) is 12.6 Å². The van der Waals surface area contributed by atoms with Crippen molar-refractivity contribution >= 4 is 5.69 Å². The van der Waals surface area contributed by atoms with E-state index in [1.54, 1.807) is 0 Å². The zero-order valence-electron chi connectivity index (χ0n) is 7.60. The lowest BCUT2D eigenvalue weighted by Crippen LogP contribution is -2.42. The molecular formula is C10H13NO2. The lowest BCUT2D eigenvalue weighted by Gasteiger charge is -2.34. The number of para-hydroxylation sites is 2. The first-order valence-corrected chi connectivity index (χ1v) is 4.38. The van der Waals surface area contributed by atoms with Crippen LogP contribution in [0.5, 0.6) is 5.75 Å². The van der Waals surface area contributed by atoms with Crippen LogP contribution in [0, 0.1) is 0 Å². The van der Waals surface area contributed by atoms with Gasteiger partial charge in [-0.3, -0.25) is 0 Å². The molecule has 1 aliphatic rings. The molecule has 0 aromatic heterocycles. The molecule has 1 heterocycles. The molecule has 1 unspecified atom stereocenters. The second kappa shape index (κ2) is 3.26. The van der Waals surface area contributed by atoms with Crippen LogP contribution in [0.2, 0.25) is 0 Å². The summed E-state index contributed by atoms with van der Waals surface area (Å²) in [6.45, 7) is 0.689. The molecule has 1 aromatic rings. The minimum atomic E-state index is 0.0786. The van der Waals surface area contributed by atoms with E-state index < -0.39 is 0 Å².